The number of hydrogen-bond acceptors (Lipinski definition) is 5. The molecule has 1 N–H and O–H groups in total. The Labute approximate surface area is 112 Å². The van der Waals surface area contributed by atoms with Gasteiger partial charge in [0, 0.05) is 12.5 Å². The highest BCUT2D eigenvalue weighted by Gasteiger charge is 2.24. The summed E-state index contributed by atoms with van der Waals surface area (Å²) in [6, 6.07) is 3.83. The van der Waals surface area contributed by atoms with Gasteiger partial charge in [-0.2, -0.15) is 0 Å². The van der Waals surface area contributed by atoms with Gasteiger partial charge in [0.25, 0.3) is 0 Å². The number of carboxylic acids is 1. The number of halogens is 1. The molecule has 3 rings (SSSR count). The molecule has 0 aliphatic carbocycles. The van der Waals surface area contributed by atoms with E-state index in [-0.39, 0.29) is 22.8 Å². The molecule has 6 nitrogen and oxygen atoms in total. The number of carbonyl (C=O) groups is 1. The first-order chi connectivity index (χ1) is 9.66. The van der Waals surface area contributed by atoms with E-state index in [1.807, 2.05) is 0 Å². The Kier molecular flexibility index (Phi) is 3.02. The van der Waals surface area contributed by atoms with Crippen LogP contribution in [-0.4, -0.2) is 29.4 Å². The van der Waals surface area contributed by atoms with E-state index in [4.69, 9.17) is 19.1 Å². The summed E-state index contributed by atoms with van der Waals surface area (Å²) in [5, 5.41) is 12.2. The molecule has 7 heteroatoms. The number of carboxylic acid groups (broad SMARTS) is 1. The minimum atomic E-state index is -1.25. The zero-order valence-electron chi connectivity index (χ0n) is 10.3. The van der Waals surface area contributed by atoms with E-state index in [9.17, 15) is 9.18 Å². The average molecular weight is 279 g/mol. The first-order valence-electron chi connectivity index (χ1n) is 5.95. The van der Waals surface area contributed by atoms with Crippen LogP contribution in [0.5, 0.6) is 11.5 Å². The first kappa shape index (κ1) is 12.5. The lowest BCUT2D eigenvalue weighted by atomic mass is 10.1. The molecule has 1 aromatic heterocycles. The van der Waals surface area contributed by atoms with Gasteiger partial charge in [-0.3, -0.25) is 0 Å². The van der Waals surface area contributed by atoms with E-state index in [1.165, 1.54) is 12.1 Å². The highest BCUT2D eigenvalue weighted by atomic mass is 19.1. The predicted octanol–water partition coefficient (Wildman–Crippen LogP) is 2.34. The average Bonchev–Trinajstić information content (AvgIpc) is 2.78. The summed E-state index contributed by atoms with van der Waals surface area (Å²) in [5.41, 5.74) is -0.282. The molecule has 0 amide bonds. The Bertz CT molecular complexity index is 667. The van der Waals surface area contributed by atoms with E-state index in [2.05, 4.69) is 5.16 Å². The third kappa shape index (κ3) is 2.07. The molecule has 0 radical (unpaired) electrons. The lowest BCUT2D eigenvalue weighted by Crippen LogP contribution is -1.98. The number of rotatable bonds is 2. The van der Waals surface area contributed by atoms with Crippen LogP contribution in [0.25, 0.3) is 11.3 Å². The van der Waals surface area contributed by atoms with Gasteiger partial charge in [0.1, 0.15) is 11.4 Å². The number of benzene rings is 1. The van der Waals surface area contributed by atoms with Crippen molar-refractivity contribution in [2.75, 3.05) is 13.2 Å². The molecule has 2 aromatic rings. The SMILES string of the molecule is O=C(O)c1cc(-c2c(F)ccc3c2OCCCO3)on1. The topological polar surface area (TPSA) is 81.8 Å². The van der Waals surface area contributed by atoms with Gasteiger partial charge in [-0.25, -0.2) is 9.18 Å². The normalized spacial score (nSPS) is 13.8. The minimum absolute atomic E-state index is 0.0118. The second-order valence-electron chi connectivity index (χ2n) is 4.18. The quantitative estimate of drug-likeness (QED) is 0.908. The van der Waals surface area contributed by atoms with Crippen LogP contribution in [0.3, 0.4) is 0 Å². The molecule has 0 saturated carbocycles. The van der Waals surface area contributed by atoms with Crippen LogP contribution in [0.15, 0.2) is 22.7 Å². The molecule has 104 valence electrons. The molecule has 0 spiro atoms. The Balaban J connectivity index is 2.14. The van der Waals surface area contributed by atoms with Crippen LogP contribution in [0.4, 0.5) is 4.39 Å². The van der Waals surface area contributed by atoms with Crippen LogP contribution >= 0.6 is 0 Å². The molecule has 0 unspecified atom stereocenters. The summed E-state index contributed by atoms with van der Waals surface area (Å²) >= 11 is 0. The third-order valence-corrected chi connectivity index (χ3v) is 2.84. The van der Waals surface area contributed by atoms with Gasteiger partial charge < -0.3 is 19.1 Å². The van der Waals surface area contributed by atoms with Crippen LogP contribution in [0.1, 0.15) is 16.9 Å². The van der Waals surface area contributed by atoms with Crippen LogP contribution < -0.4 is 9.47 Å². The molecule has 0 fully saturated rings. The highest BCUT2D eigenvalue weighted by molar-refractivity contribution is 5.87. The smallest absolute Gasteiger partial charge is 0.358 e. The van der Waals surface area contributed by atoms with Gasteiger partial charge in [0.05, 0.1) is 13.2 Å². The van der Waals surface area contributed by atoms with E-state index < -0.39 is 11.8 Å². The number of ether oxygens (including phenoxy) is 2. The van der Waals surface area contributed by atoms with Gasteiger partial charge in [-0.1, -0.05) is 5.16 Å². The van der Waals surface area contributed by atoms with Crippen LogP contribution in [0, 0.1) is 5.82 Å². The number of fused-ring (bicyclic) bond motifs is 1. The Morgan fingerprint density at radius 2 is 2.10 bits per heavy atom. The van der Waals surface area contributed by atoms with E-state index >= 15 is 0 Å². The van der Waals surface area contributed by atoms with E-state index in [1.54, 1.807) is 0 Å². The van der Waals surface area contributed by atoms with Crippen LogP contribution in [-0.2, 0) is 0 Å². The fourth-order valence-corrected chi connectivity index (χ4v) is 1.94. The molecule has 0 saturated heterocycles. The van der Waals surface area contributed by atoms with Gasteiger partial charge in [-0.15, -0.1) is 0 Å². The lowest BCUT2D eigenvalue weighted by Gasteiger charge is -2.11. The van der Waals surface area contributed by atoms with E-state index in [0.29, 0.717) is 25.4 Å². The molecular formula is C13H10FNO5. The molecule has 1 aliphatic rings. The van der Waals surface area contributed by atoms with Gasteiger partial charge >= 0.3 is 5.97 Å². The van der Waals surface area contributed by atoms with Crippen molar-refractivity contribution in [1.29, 1.82) is 0 Å². The van der Waals surface area contributed by atoms with Gasteiger partial charge in [0.15, 0.2) is 23.0 Å². The fourth-order valence-electron chi connectivity index (χ4n) is 1.94. The number of hydrogen-bond donors (Lipinski definition) is 1. The summed E-state index contributed by atoms with van der Waals surface area (Å²) in [6.07, 6.45) is 0.673. The second kappa shape index (κ2) is 4.84. The zero-order valence-corrected chi connectivity index (χ0v) is 10.3. The largest absolute Gasteiger partial charge is 0.490 e. The number of aromatic nitrogens is 1. The molecule has 0 atom stereocenters. The number of nitrogens with zero attached hydrogens (tertiary/aromatic N) is 1. The third-order valence-electron chi connectivity index (χ3n) is 2.84. The lowest BCUT2D eigenvalue weighted by molar-refractivity contribution is 0.0686. The highest BCUT2D eigenvalue weighted by Crippen LogP contribution is 2.41. The molecule has 1 aromatic carbocycles. The maximum Gasteiger partial charge on any atom is 0.358 e. The van der Waals surface area contributed by atoms with Crippen molar-refractivity contribution in [3.63, 3.8) is 0 Å². The van der Waals surface area contributed by atoms with Crippen molar-refractivity contribution in [3.8, 4) is 22.8 Å². The van der Waals surface area contributed by atoms with Crippen molar-refractivity contribution in [2.24, 2.45) is 0 Å². The van der Waals surface area contributed by atoms with Gasteiger partial charge in [-0.05, 0) is 12.1 Å². The van der Waals surface area contributed by atoms with E-state index in [0.717, 1.165) is 6.07 Å². The Morgan fingerprint density at radius 3 is 2.85 bits per heavy atom. The molecule has 2 heterocycles. The molecule has 1 aliphatic heterocycles. The standard InChI is InChI=1S/C13H10FNO5/c14-7-2-3-9-12(19-5-1-4-18-9)11(7)10-6-8(13(16)17)15-20-10/h2-3,6H,1,4-5H2,(H,16,17). The first-order valence-corrected chi connectivity index (χ1v) is 5.95. The minimum Gasteiger partial charge on any atom is -0.490 e. The van der Waals surface area contributed by atoms with Gasteiger partial charge in [0.2, 0.25) is 0 Å². The fraction of sp³-hybridized carbons (Fsp3) is 0.231. The summed E-state index contributed by atoms with van der Waals surface area (Å²) in [4.78, 5) is 10.8. The summed E-state index contributed by atoms with van der Waals surface area (Å²) < 4.78 is 29.9. The predicted molar refractivity (Wildman–Crippen MR) is 64.5 cm³/mol. The molecule has 0 bridgehead atoms. The summed E-state index contributed by atoms with van der Waals surface area (Å²) in [7, 11) is 0. The van der Waals surface area contributed by atoms with Crippen molar-refractivity contribution >= 4 is 5.97 Å². The Hall–Kier alpha value is -2.57. The zero-order chi connectivity index (χ0) is 14.1. The van der Waals surface area contributed by atoms with Crippen molar-refractivity contribution < 1.29 is 28.3 Å². The molecule has 20 heavy (non-hydrogen) atoms. The van der Waals surface area contributed by atoms with Crippen molar-refractivity contribution in [2.45, 2.75) is 6.42 Å². The second-order valence-corrected chi connectivity index (χ2v) is 4.18. The maximum atomic E-state index is 14.0. The monoisotopic (exact) mass is 279 g/mol. The van der Waals surface area contributed by atoms with Crippen LogP contribution in [0.2, 0.25) is 0 Å². The summed E-state index contributed by atoms with van der Waals surface area (Å²) in [5.74, 6) is -1.26. The van der Waals surface area contributed by atoms with Crippen molar-refractivity contribution in [1.82, 2.24) is 5.16 Å². The molecular weight excluding hydrogens is 269 g/mol. The Morgan fingerprint density at radius 1 is 1.30 bits per heavy atom. The number of aromatic carboxylic acids is 1. The summed E-state index contributed by atoms with van der Waals surface area (Å²) in [6.45, 7) is 0.845. The maximum absolute atomic E-state index is 14.0. The van der Waals surface area contributed by atoms with Crippen molar-refractivity contribution in [3.05, 3.63) is 29.7 Å².